The van der Waals surface area contributed by atoms with Crippen molar-refractivity contribution in [1.29, 1.82) is 0 Å². The quantitative estimate of drug-likeness (QED) is 0.791. The highest BCUT2D eigenvalue weighted by molar-refractivity contribution is 5.92. The van der Waals surface area contributed by atoms with Gasteiger partial charge in [-0.05, 0) is 17.7 Å². The molecule has 0 aliphatic heterocycles. The third kappa shape index (κ3) is 1.86. The van der Waals surface area contributed by atoms with Crippen molar-refractivity contribution >= 4 is 11.7 Å². The van der Waals surface area contributed by atoms with Crippen molar-refractivity contribution in [3.8, 4) is 11.1 Å². The van der Waals surface area contributed by atoms with Gasteiger partial charge in [-0.1, -0.05) is 30.3 Å². The minimum atomic E-state index is -0.577. The smallest absolute Gasteiger partial charge is 0.267 e. The first-order chi connectivity index (χ1) is 7.68. The summed E-state index contributed by atoms with van der Waals surface area (Å²) in [6.45, 7) is 0. The molecule has 1 aromatic carbocycles. The molecule has 0 atom stereocenters. The van der Waals surface area contributed by atoms with E-state index in [1.165, 1.54) is 0 Å². The first-order valence-corrected chi connectivity index (χ1v) is 4.80. The number of nitrogens with zero attached hydrogens (tertiary/aromatic N) is 1. The van der Waals surface area contributed by atoms with Crippen LogP contribution in [0.1, 0.15) is 10.5 Å². The summed E-state index contributed by atoms with van der Waals surface area (Å²) in [6, 6.07) is 12.9. The molecule has 4 heteroatoms. The van der Waals surface area contributed by atoms with Crippen molar-refractivity contribution in [2.45, 2.75) is 0 Å². The van der Waals surface area contributed by atoms with Gasteiger partial charge in [0, 0.05) is 5.56 Å². The Hall–Kier alpha value is -2.36. The predicted octanol–water partition coefficient (Wildman–Crippen LogP) is 1.43. The average Bonchev–Trinajstić information content (AvgIpc) is 2.30. The number of aromatic nitrogens is 1. The second-order valence-electron chi connectivity index (χ2n) is 3.36. The molecule has 2 aromatic rings. The van der Waals surface area contributed by atoms with E-state index in [0.717, 1.165) is 11.1 Å². The largest absolute Gasteiger partial charge is 0.383 e. The van der Waals surface area contributed by atoms with Crippen LogP contribution in [0.3, 0.4) is 0 Å². The predicted molar refractivity (Wildman–Crippen MR) is 62.6 cm³/mol. The number of pyridine rings is 1. The number of benzene rings is 1. The normalized spacial score (nSPS) is 10.0. The summed E-state index contributed by atoms with van der Waals surface area (Å²) in [5.74, 6) is -0.270. The van der Waals surface area contributed by atoms with Gasteiger partial charge < -0.3 is 11.5 Å². The van der Waals surface area contributed by atoms with Crippen LogP contribution in [0, 0.1) is 0 Å². The van der Waals surface area contributed by atoms with E-state index in [1.807, 2.05) is 30.3 Å². The lowest BCUT2D eigenvalue weighted by Gasteiger charge is -2.05. The van der Waals surface area contributed by atoms with Gasteiger partial charge in [-0.2, -0.15) is 0 Å². The van der Waals surface area contributed by atoms with Gasteiger partial charge in [0.25, 0.3) is 5.91 Å². The molecule has 4 N–H and O–H groups in total. The van der Waals surface area contributed by atoms with Crippen LogP contribution in [0.15, 0.2) is 42.5 Å². The molecule has 0 aliphatic carbocycles. The molecule has 0 radical (unpaired) electrons. The van der Waals surface area contributed by atoms with Gasteiger partial charge in [0.2, 0.25) is 0 Å². The zero-order valence-corrected chi connectivity index (χ0v) is 8.55. The molecular formula is C12H11N3O. The SMILES string of the molecule is NC(=O)c1ccc(-c2ccccc2)c(N)n1. The van der Waals surface area contributed by atoms with Crippen LogP contribution in [0.2, 0.25) is 0 Å². The van der Waals surface area contributed by atoms with Gasteiger partial charge in [-0.25, -0.2) is 4.98 Å². The maximum atomic E-state index is 10.9. The average molecular weight is 213 g/mol. The fourth-order valence-electron chi connectivity index (χ4n) is 1.47. The maximum Gasteiger partial charge on any atom is 0.267 e. The molecule has 0 saturated heterocycles. The summed E-state index contributed by atoms with van der Waals surface area (Å²) in [5, 5.41) is 0. The fourth-order valence-corrected chi connectivity index (χ4v) is 1.47. The zero-order valence-electron chi connectivity index (χ0n) is 8.55. The molecule has 1 heterocycles. The molecule has 0 spiro atoms. The van der Waals surface area contributed by atoms with E-state index in [4.69, 9.17) is 11.5 Å². The lowest BCUT2D eigenvalue weighted by atomic mass is 10.1. The number of nitrogen functional groups attached to an aromatic ring is 1. The van der Waals surface area contributed by atoms with Gasteiger partial charge in [0.1, 0.15) is 11.5 Å². The molecule has 4 nitrogen and oxygen atoms in total. The Labute approximate surface area is 92.9 Å². The van der Waals surface area contributed by atoms with Gasteiger partial charge in [0.15, 0.2) is 0 Å². The highest BCUT2D eigenvalue weighted by atomic mass is 16.1. The van der Waals surface area contributed by atoms with Crippen molar-refractivity contribution in [3.63, 3.8) is 0 Å². The zero-order chi connectivity index (χ0) is 11.5. The Morgan fingerprint density at radius 2 is 1.75 bits per heavy atom. The molecule has 2 rings (SSSR count). The molecule has 0 bridgehead atoms. The van der Waals surface area contributed by atoms with E-state index in [-0.39, 0.29) is 5.69 Å². The van der Waals surface area contributed by atoms with E-state index in [0.29, 0.717) is 5.82 Å². The number of nitrogens with two attached hydrogens (primary N) is 2. The van der Waals surface area contributed by atoms with Crippen molar-refractivity contribution < 1.29 is 4.79 Å². The van der Waals surface area contributed by atoms with Gasteiger partial charge in [-0.15, -0.1) is 0 Å². The highest BCUT2D eigenvalue weighted by Gasteiger charge is 2.07. The van der Waals surface area contributed by atoms with Crippen LogP contribution in [-0.2, 0) is 0 Å². The number of carbonyl (C=O) groups is 1. The third-order valence-corrected chi connectivity index (χ3v) is 2.26. The number of carbonyl (C=O) groups excluding carboxylic acids is 1. The Balaban J connectivity index is 2.48. The third-order valence-electron chi connectivity index (χ3n) is 2.26. The first kappa shape index (κ1) is 10.2. The summed E-state index contributed by atoms with van der Waals surface area (Å²) in [6.07, 6.45) is 0. The molecule has 0 saturated carbocycles. The van der Waals surface area contributed by atoms with E-state index in [1.54, 1.807) is 12.1 Å². The summed E-state index contributed by atoms with van der Waals surface area (Å²) in [4.78, 5) is 14.9. The molecule has 80 valence electrons. The topological polar surface area (TPSA) is 82.0 Å². The minimum Gasteiger partial charge on any atom is -0.383 e. The number of primary amides is 1. The molecule has 0 fully saturated rings. The maximum absolute atomic E-state index is 10.9. The van der Waals surface area contributed by atoms with Crippen LogP contribution >= 0.6 is 0 Å². The lowest BCUT2D eigenvalue weighted by Crippen LogP contribution is -2.14. The highest BCUT2D eigenvalue weighted by Crippen LogP contribution is 2.23. The van der Waals surface area contributed by atoms with Crippen molar-refractivity contribution in [1.82, 2.24) is 4.98 Å². The molecule has 16 heavy (non-hydrogen) atoms. The van der Waals surface area contributed by atoms with E-state index < -0.39 is 5.91 Å². The standard InChI is InChI=1S/C12H11N3O/c13-11-9(8-4-2-1-3-5-8)6-7-10(15-11)12(14)16/h1-7H,(H2,13,15)(H2,14,16). The van der Waals surface area contributed by atoms with Crippen LogP contribution in [0.5, 0.6) is 0 Å². The summed E-state index contributed by atoms with van der Waals surface area (Å²) < 4.78 is 0. The van der Waals surface area contributed by atoms with Gasteiger partial charge in [0.05, 0.1) is 0 Å². The fraction of sp³-hybridized carbons (Fsp3) is 0. The molecule has 0 unspecified atom stereocenters. The van der Waals surface area contributed by atoms with Crippen molar-refractivity contribution in [3.05, 3.63) is 48.2 Å². The van der Waals surface area contributed by atoms with E-state index in [2.05, 4.69) is 4.98 Å². The number of amides is 1. The minimum absolute atomic E-state index is 0.178. The first-order valence-electron chi connectivity index (χ1n) is 4.80. The van der Waals surface area contributed by atoms with Crippen LogP contribution < -0.4 is 11.5 Å². The summed E-state index contributed by atoms with van der Waals surface area (Å²) in [7, 11) is 0. The number of rotatable bonds is 2. The summed E-state index contributed by atoms with van der Waals surface area (Å²) in [5.41, 5.74) is 12.8. The Kier molecular flexibility index (Phi) is 2.55. The van der Waals surface area contributed by atoms with Crippen molar-refractivity contribution in [2.24, 2.45) is 5.73 Å². The number of anilines is 1. The van der Waals surface area contributed by atoms with Crippen LogP contribution in [0.25, 0.3) is 11.1 Å². The second-order valence-corrected chi connectivity index (χ2v) is 3.36. The molecule has 1 amide bonds. The molecular weight excluding hydrogens is 202 g/mol. The Morgan fingerprint density at radius 3 is 2.31 bits per heavy atom. The van der Waals surface area contributed by atoms with Gasteiger partial charge in [-0.3, -0.25) is 4.79 Å². The van der Waals surface area contributed by atoms with Gasteiger partial charge >= 0.3 is 0 Å². The number of hydrogen-bond donors (Lipinski definition) is 2. The Morgan fingerprint density at radius 1 is 1.06 bits per heavy atom. The summed E-state index contributed by atoms with van der Waals surface area (Å²) >= 11 is 0. The lowest BCUT2D eigenvalue weighted by molar-refractivity contribution is 0.0996. The van der Waals surface area contributed by atoms with E-state index >= 15 is 0 Å². The monoisotopic (exact) mass is 213 g/mol. The number of hydrogen-bond acceptors (Lipinski definition) is 3. The Bertz CT molecular complexity index is 523. The van der Waals surface area contributed by atoms with E-state index in [9.17, 15) is 4.79 Å². The van der Waals surface area contributed by atoms with Crippen LogP contribution in [-0.4, -0.2) is 10.9 Å². The molecule has 1 aromatic heterocycles. The second kappa shape index (κ2) is 4.02. The molecule has 0 aliphatic rings. The van der Waals surface area contributed by atoms with Crippen LogP contribution in [0.4, 0.5) is 5.82 Å². The van der Waals surface area contributed by atoms with Crippen molar-refractivity contribution in [2.75, 3.05) is 5.73 Å².